The Labute approximate surface area is 202 Å². The van der Waals surface area contributed by atoms with Gasteiger partial charge >= 0.3 is 5.97 Å². The Bertz CT molecular complexity index is 1540. The number of ether oxygens (including phenoxy) is 3. The molecule has 4 heterocycles. The summed E-state index contributed by atoms with van der Waals surface area (Å²) in [5, 5.41) is 8.30. The highest BCUT2D eigenvalue weighted by Gasteiger charge is 2.63. The first-order chi connectivity index (χ1) is 17.1. The molecule has 35 heavy (non-hydrogen) atoms. The Kier molecular flexibility index (Phi) is 4.10. The molecule has 0 saturated heterocycles. The summed E-state index contributed by atoms with van der Waals surface area (Å²) in [5.41, 5.74) is 4.73. The van der Waals surface area contributed by atoms with Crippen LogP contribution in [0.15, 0.2) is 77.9 Å². The van der Waals surface area contributed by atoms with Crippen LogP contribution in [-0.4, -0.2) is 30.2 Å². The van der Waals surface area contributed by atoms with E-state index in [1.807, 2.05) is 65.7 Å². The van der Waals surface area contributed by atoms with Gasteiger partial charge in [0.1, 0.15) is 11.8 Å². The number of anilines is 1. The molecule has 7 rings (SSSR count). The third-order valence-corrected chi connectivity index (χ3v) is 7.48. The van der Waals surface area contributed by atoms with E-state index in [-0.39, 0.29) is 12.8 Å². The summed E-state index contributed by atoms with van der Waals surface area (Å²) >= 11 is 0. The summed E-state index contributed by atoms with van der Waals surface area (Å²) in [7, 11) is 1.45. The zero-order valence-corrected chi connectivity index (χ0v) is 19.4. The minimum atomic E-state index is -1.03. The van der Waals surface area contributed by atoms with Gasteiger partial charge in [0.25, 0.3) is 0 Å². The second kappa shape index (κ2) is 7.12. The lowest BCUT2D eigenvalue weighted by molar-refractivity contribution is -0.149. The Balaban J connectivity index is 1.51. The van der Waals surface area contributed by atoms with E-state index in [0.29, 0.717) is 18.0 Å². The Hall–Kier alpha value is -4.26. The van der Waals surface area contributed by atoms with Gasteiger partial charge in [0.2, 0.25) is 6.79 Å². The van der Waals surface area contributed by atoms with Crippen LogP contribution in [0.2, 0.25) is 0 Å². The second-order valence-corrected chi connectivity index (χ2v) is 9.18. The van der Waals surface area contributed by atoms with Gasteiger partial charge in [-0.3, -0.25) is 9.80 Å². The maximum atomic E-state index is 13.8. The minimum Gasteiger partial charge on any atom is -0.468 e. The van der Waals surface area contributed by atoms with E-state index in [1.54, 1.807) is 0 Å². The summed E-state index contributed by atoms with van der Waals surface area (Å²) in [6.07, 6.45) is 0. The average molecular weight is 466 g/mol. The first kappa shape index (κ1) is 20.1. The number of aromatic nitrogens is 1. The Morgan fingerprint density at radius 2 is 1.80 bits per heavy atom. The van der Waals surface area contributed by atoms with E-state index >= 15 is 0 Å². The van der Waals surface area contributed by atoms with Gasteiger partial charge in [0.05, 0.1) is 18.5 Å². The number of methoxy groups -OCH3 is 1. The van der Waals surface area contributed by atoms with Crippen molar-refractivity contribution in [2.24, 2.45) is 10.5 Å². The Morgan fingerprint density at radius 1 is 1.03 bits per heavy atom. The van der Waals surface area contributed by atoms with Crippen molar-refractivity contribution in [1.29, 1.82) is 0 Å². The van der Waals surface area contributed by atoms with E-state index in [2.05, 4.69) is 23.6 Å². The van der Waals surface area contributed by atoms with E-state index in [4.69, 9.17) is 19.3 Å². The van der Waals surface area contributed by atoms with Crippen LogP contribution in [0.3, 0.4) is 0 Å². The molecule has 0 N–H and O–H groups in total. The molecule has 4 aromatic rings. The van der Waals surface area contributed by atoms with Crippen LogP contribution >= 0.6 is 0 Å². The van der Waals surface area contributed by atoms with Crippen molar-refractivity contribution in [1.82, 2.24) is 4.57 Å². The van der Waals surface area contributed by atoms with Crippen molar-refractivity contribution in [3.8, 4) is 11.5 Å². The van der Waals surface area contributed by atoms with Crippen molar-refractivity contribution in [2.75, 3.05) is 18.9 Å². The molecule has 1 aromatic heterocycles. The highest BCUT2D eigenvalue weighted by atomic mass is 16.7. The predicted molar refractivity (Wildman–Crippen MR) is 132 cm³/mol. The third kappa shape index (κ3) is 2.55. The first-order valence-corrected chi connectivity index (χ1v) is 11.6. The van der Waals surface area contributed by atoms with E-state index < -0.39 is 11.5 Å². The number of aryl methyl sites for hydroxylation is 1. The molecule has 0 radical (unpaired) electrons. The number of esters is 1. The average Bonchev–Trinajstić information content (AvgIpc) is 3.63. The molecule has 0 fully saturated rings. The maximum absolute atomic E-state index is 13.8. The highest BCUT2D eigenvalue weighted by molar-refractivity contribution is 6.21. The quantitative estimate of drug-likeness (QED) is 0.406. The smallest absolute Gasteiger partial charge is 0.322 e. The van der Waals surface area contributed by atoms with Crippen molar-refractivity contribution in [2.45, 2.75) is 19.5 Å². The summed E-state index contributed by atoms with van der Waals surface area (Å²) in [6.45, 7) is 2.72. The molecule has 7 nitrogen and oxygen atoms in total. The lowest BCUT2D eigenvalue weighted by atomic mass is 9.74. The molecule has 0 unspecified atom stereocenters. The van der Waals surface area contributed by atoms with E-state index in [0.717, 1.165) is 33.7 Å². The van der Waals surface area contributed by atoms with Gasteiger partial charge in [-0.15, -0.1) is 0 Å². The van der Waals surface area contributed by atoms with Crippen LogP contribution in [0.5, 0.6) is 11.5 Å². The van der Waals surface area contributed by atoms with Crippen LogP contribution in [0.4, 0.5) is 5.69 Å². The number of hydrogen-bond donors (Lipinski definition) is 0. The van der Waals surface area contributed by atoms with E-state index in [1.165, 1.54) is 12.5 Å². The summed E-state index contributed by atoms with van der Waals surface area (Å²) < 4.78 is 19.0. The van der Waals surface area contributed by atoms with Gasteiger partial charge in [0, 0.05) is 17.4 Å². The molecule has 3 aliphatic heterocycles. The molecule has 3 aliphatic rings. The van der Waals surface area contributed by atoms with Gasteiger partial charge in [-0.1, -0.05) is 42.5 Å². The minimum absolute atomic E-state index is 0.187. The number of carbonyl (C=O) groups is 1. The van der Waals surface area contributed by atoms with Gasteiger partial charge in [-0.2, -0.15) is 5.10 Å². The molecular formula is C28H23N3O4. The highest BCUT2D eigenvalue weighted by Crippen LogP contribution is 2.56. The maximum Gasteiger partial charge on any atom is 0.322 e. The fraction of sp³-hybridized carbons (Fsp3) is 0.214. The van der Waals surface area contributed by atoms with Crippen LogP contribution in [0.1, 0.15) is 22.9 Å². The van der Waals surface area contributed by atoms with Crippen molar-refractivity contribution in [3.63, 3.8) is 0 Å². The summed E-state index contributed by atoms with van der Waals surface area (Å²) in [5.74, 6) is 1.07. The lowest BCUT2D eigenvalue weighted by Crippen LogP contribution is -2.44. The molecule has 2 atom stereocenters. The van der Waals surface area contributed by atoms with Crippen molar-refractivity contribution >= 4 is 28.3 Å². The fourth-order valence-corrected chi connectivity index (χ4v) is 5.96. The van der Waals surface area contributed by atoms with Crippen LogP contribution in [-0.2, 0) is 16.1 Å². The van der Waals surface area contributed by atoms with Crippen molar-refractivity contribution in [3.05, 3.63) is 89.6 Å². The summed E-state index contributed by atoms with van der Waals surface area (Å²) in [6, 6.07) is 23.7. The molecule has 0 amide bonds. The number of hydrogen-bond acceptors (Lipinski definition) is 6. The van der Waals surface area contributed by atoms with Gasteiger partial charge in [-0.05, 0) is 48.4 Å². The zero-order valence-electron chi connectivity index (χ0n) is 19.4. The predicted octanol–water partition coefficient (Wildman–Crippen LogP) is 4.82. The molecule has 0 saturated carbocycles. The second-order valence-electron chi connectivity index (χ2n) is 9.18. The molecule has 0 bridgehead atoms. The van der Waals surface area contributed by atoms with Crippen molar-refractivity contribution < 1.29 is 19.0 Å². The largest absolute Gasteiger partial charge is 0.468 e. The molecule has 3 aromatic carbocycles. The summed E-state index contributed by atoms with van der Waals surface area (Å²) in [4.78, 5) is 13.8. The normalized spacial score (nSPS) is 21.7. The Morgan fingerprint density at radius 3 is 2.63 bits per heavy atom. The van der Waals surface area contributed by atoms with Crippen LogP contribution in [0.25, 0.3) is 10.9 Å². The number of fused-ring (bicyclic) bond motifs is 6. The van der Waals surface area contributed by atoms with Gasteiger partial charge in [-0.25, -0.2) is 0 Å². The van der Waals surface area contributed by atoms with Gasteiger partial charge in [0.15, 0.2) is 16.9 Å². The number of para-hydroxylation sites is 2. The third-order valence-electron chi connectivity index (χ3n) is 7.48. The molecular weight excluding hydrogens is 442 g/mol. The van der Waals surface area contributed by atoms with Gasteiger partial charge < -0.3 is 18.8 Å². The number of rotatable bonds is 3. The SMILES string of the molecule is COC(=O)[C@@]12Cn3c(c(C)c4ccccc43)C1=NN(c1ccccc1)[C@@H]2c1ccc2c(c1)OCO2. The molecule has 0 aliphatic carbocycles. The topological polar surface area (TPSA) is 65.3 Å². The van der Waals surface area contributed by atoms with Crippen LogP contribution < -0.4 is 14.5 Å². The van der Waals surface area contributed by atoms with Crippen LogP contribution in [0, 0.1) is 12.3 Å². The monoisotopic (exact) mass is 465 g/mol. The van der Waals surface area contributed by atoms with E-state index in [9.17, 15) is 4.79 Å². The fourth-order valence-electron chi connectivity index (χ4n) is 5.96. The first-order valence-electron chi connectivity index (χ1n) is 11.6. The zero-order chi connectivity index (χ0) is 23.7. The molecule has 174 valence electrons. The molecule has 7 heteroatoms. The number of hydrazone groups is 1. The molecule has 0 spiro atoms. The number of benzene rings is 3. The standard InChI is InChI=1S/C28H23N3O4/c1-17-20-10-6-7-11-21(20)30-15-28(27(32)33-2)25(24(17)30)29-31(19-8-4-3-5-9-19)26(28)18-12-13-22-23(14-18)35-16-34-22/h3-14,26H,15-16H2,1-2H3/t26-,28+/m1/s1. The lowest BCUT2D eigenvalue weighted by Gasteiger charge is -2.34. The number of carbonyl (C=O) groups excluding carboxylic acids is 1. The number of nitrogens with zero attached hydrogens (tertiary/aromatic N) is 3.